The van der Waals surface area contributed by atoms with Gasteiger partial charge in [-0.15, -0.1) is 0 Å². The van der Waals surface area contributed by atoms with Gasteiger partial charge in [0.15, 0.2) is 0 Å². The van der Waals surface area contributed by atoms with Crippen molar-refractivity contribution in [2.24, 2.45) is 17.3 Å². The van der Waals surface area contributed by atoms with Crippen molar-refractivity contribution in [3.63, 3.8) is 0 Å². The van der Waals surface area contributed by atoms with Crippen molar-refractivity contribution < 1.29 is 19.5 Å². The predicted octanol–water partition coefficient (Wildman–Crippen LogP) is 1.27. The minimum atomic E-state index is -0.946. The number of carboxylic acids is 1. The molecule has 1 aromatic carbocycles. The Labute approximate surface area is 128 Å². The Morgan fingerprint density at radius 2 is 1.91 bits per heavy atom. The van der Waals surface area contributed by atoms with Gasteiger partial charge in [-0.3, -0.25) is 14.4 Å². The molecule has 6 nitrogen and oxygen atoms in total. The first-order valence-electron chi connectivity index (χ1n) is 7.10. The molecule has 118 valence electrons. The van der Waals surface area contributed by atoms with E-state index in [1.165, 1.54) is 0 Å². The number of rotatable bonds is 5. The van der Waals surface area contributed by atoms with E-state index in [-0.39, 0.29) is 18.2 Å². The normalized spacial score (nSPS) is 21.8. The third-order valence-electron chi connectivity index (χ3n) is 4.21. The Bertz CT molecular complexity index is 624. The van der Waals surface area contributed by atoms with Gasteiger partial charge < -0.3 is 15.7 Å². The van der Waals surface area contributed by atoms with Crippen molar-refractivity contribution in [3.05, 3.63) is 29.8 Å². The number of amides is 2. The van der Waals surface area contributed by atoms with Crippen LogP contribution in [0.1, 0.15) is 19.4 Å². The van der Waals surface area contributed by atoms with E-state index in [1.807, 2.05) is 0 Å². The highest BCUT2D eigenvalue weighted by Crippen LogP contribution is 2.58. The fraction of sp³-hybridized carbons (Fsp3) is 0.438. The highest BCUT2D eigenvalue weighted by Gasteiger charge is 2.65. The molecule has 1 aliphatic rings. The maximum atomic E-state index is 12.2. The summed E-state index contributed by atoms with van der Waals surface area (Å²) in [6.45, 7) is 3.55. The van der Waals surface area contributed by atoms with E-state index in [2.05, 4.69) is 10.6 Å². The molecule has 1 fully saturated rings. The second-order valence-electron chi connectivity index (χ2n) is 6.15. The average molecular weight is 304 g/mol. The quantitative estimate of drug-likeness (QED) is 0.763. The van der Waals surface area contributed by atoms with Crippen LogP contribution in [0.15, 0.2) is 24.3 Å². The highest BCUT2D eigenvalue weighted by molar-refractivity contribution is 5.99. The lowest BCUT2D eigenvalue weighted by Gasteiger charge is -2.08. The smallest absolute Gasteiger partial charge is 0.307 e. The molecule has 2 rings (SSSR count). The molecule has 1 aliphatic carbocycles. The van der Waals surface area contributed by atoms with E-state index >= 15 is 0 Å². The van der Waals surface area contributed by atoms with Crippen LogP contribution in [0, 0.1) is 17.3 Å². The topological polar surface area (TPSA) is 95.5 Å². The number of benzene rings is 1. The molecule has 2 atom stereocenters. The van der Waals surface area contributed by atoms with E-state index in [4.69, 9.17) is 5.11 Å². The number of carbonyl (C=O) groups is 3. The molecule has 0 heterocycles. The first-order chi connectivity index (χ1) is 10.3. The molecular weight excluding hydrogens is 284 g/mol. The number of hydrogen-bond donors (Lipinski definition) is 3. The maximum absolute atomic E-state index is 12.2. The zero-order valence-corrected chi connectivity index (χ0v) is 12.8. The van der Waals surface area contributed by atoms with Gasteiger partial charge in [0.25, 0.3) is 0 Å². The fourth-order valence-corrected chi connectivity index (χ4v) is 2.84. The number of likely N-dealkylation sites (N-methyl/N-ethyl adjacent to an activating group) is 1. The highest BCUT2D eigenvalue weighted by atomic mass is 16.4. The van der Waals surface area contributed by atoms with E-state index in [1.54, 1.807) is 45.2 Å². The predicted molar refractivity (Wildman–Crippen MR) is 81.2 cm³/mol. The fourth-order valence-electron chi connectivity index (χ4n) is 2.84. The van der Waals surface area contributed by atoms with Gasteiger partial charge >= 0.3 is 5.97 Å². The average Bonchev–Trinajstić information content (AvgIpc) is 3.02. The van der Waals surface area contributed by atoms with Crippen molar-refractivity contribution in [3.8, 4) is 0 Å². The third kappa shape index (κ3) is 3.10. The number of aliphatic carboxylic acids is 1. The molecule has 0 aromatic heterocycles. The summed E-state index contributed by atoms with van der Waals surface area (Å²) in [6, 6.07) is 6.99. The van der Waals surface area contributed by atoms with Crippen LogP contribution >= 0.6 is 0 Å². The summed E-state index contributed by atoms with van der Waals surface area (Å²) >= 11 is 0. The molecule has 1 aromatic rings. The largest absolute Gasteiger partial charge is 0.481 e. The van der Waals surface area contributed by atoms with Crippen molar-refractivity contribution in [2.45, 2.75) is 20.3 Å². The van der Waals surface area contributed by atoms with Gasteiger partial charge in [0.05, 0.1) is 18.3 Å². The molecule has 22 heavy (non-hydrogen) atoms. The van der Waals surface area contributed by atoms with Crippen molar-refractivity contribution in [1.82, 2.24) is 5.32 Å². The van der Waals surface area contributed by atoms with Gasteiger partial charge in [-0.2, -0.15) is 0 Å². The number of anilines is 1. The number of hydrogen-bond acceptors (Lipinski definition) is 3. The SMILES string of the molecule is CNC(=O)Cc1cccc(NC(=O)[C@H]2[C@H](C(=O)O)C2(C)C)c1. The van der Waals surface area contributed by atoms with Gasteiger partial charge in [-0.1, -0.05) is 26.0 Å². The molecule has 0 spiro atoms. The number of carbonyl (C=O) groups excluding carboxylic acids is 2. The number of carboxylic acid groups (broad SMARTS) is 1. The molecule has 0 unspecified atom stereocenters. The second kappa shape index (κ2) is 5.79. The van der Waals surface area contributed by atoms with Crippen LogP contribution < -0.4 is 10.6 Å². The summed E-state index contributed by atoms with van der Waals surface area (Å²) in [4.78, 5) is 34.7. The lowest BCUT2D eigenvalue weighted by atomic mass is 10.1. The Morgan fingerprint density at radius 3 is 2.45 bits per heavy atom. The summed E-state index contributed by atoms with van der Waals surface area (Å²) in [5.41, 5.74) is 0.815. The van der Waals surface area contributed by atoms with Crippen LogP contribution in [0.25, 0.3) is 0 Å². The lowest BCUT2D eigenvalue weighted by molar-refractivity contribution is -0.140. The molecule has 2 amide bonds. The third-order valence-corrected chi connectivity index (χ3v) is 4.21. The van der Waals surface area contributed by atoms with Crippen LogP contribution in [0.2, 0.25) is 0 Å². The summed E-state index contributed by atoms with van der Waals surface area (Å²) in [5, 5.41) is 14.4. The second-order valence-corrected chi connectivity index (χ2v) is 6.15. The zero-order chi connectivity index (χ0) is 16.5. The lowest BCUT2D eigenvalue weighted by Crippen LogP contribution is -2.20. The van der Waals surface area contributed by atoms with E-state index in [0.717, 1.165) is 5.56 Å². The van der Waals surface area contributed by atoms with Gasteiger partial charge in [-0.25, -0.2) is 0 Å². The Morgan fingerprint density at radius 1 is 1.23 bits per heavy atom. The van der Waals surface area contributed by atoms with Crippen molar-refractivity contribution in [1.29, 1.82) is 0 Å². The molecule has 0 radical (unpaired) electrons. The van der Waals surface area contributed by atoms with Crippen LogP contribution in [0.4, 0.5) is 5.69 Å². The summed E-state index contributed by atoms with van der Waals surface area (Å²) in [7, 11) is 1.56. The molecule has 0 bridgehead atoms. The molecule has 3 N–H and O–H groups in total. The van der Waals surface area contributed by atoms with Crippen LogP contribution in [0.3, 0.4) is 0 Å². The van der Waals surface area contributed by atoms with Gasteiger partial charge in [-0.05, 0) is 23.1 Å². The minimum absolute atomic E-state index is 0.113. The number of nitrogens with one attached hydrogen (secondary N) is 2. The van der Waals surface area contributed by atoms with Crippen LogP contribution in [0.5, 0.6) is 0 Å². The molecule has 0 aliphatic heterocycles. The van der Waals surface area contributed by atoms with Gasteiger partial charge in [0.1, 0.15) is 0 Å². The van der Waals surface area contributed by atoms with Gasteiger partial charge in [0, 0.05) is 12.7 Å². The van der Waals surface area contributed by atoms with E-state index in [0.29, 0.717) is 5.69 Å². The standard InChI is InChI=1S/C16H20N2O4/c1-16(2)12(13(16)15(21)22)14(20)18-10-6-4-5-9(7-10)8-11(19)17-3/h4-7,12-13H,8H2,1-3H3,(H,17,19)(H,18,20)(H,21,22)/t12-,13-/m1/s1. The molecule has 0 saturated heterocycles. The summed E-state index contributed by atoms with van der Waals surface area (Å²) < 4.78 is 0. The Hall–Kier alpha value is -2.37. The van der Waals surface area contributed by atoms with Crippen molar-refractivity contribution >= 4 is 23.5 Å². The zero-order valence-electron chi connectivity index (χ0n) is 12.8. The maximum Gasteiger partial charge on any atom is 0.307 e. The minimum Gasteiger partial charge on any atom is -0.481 e. The Balaban J connectivity index is 2.05. The molecule has 1 saturated carbocycles. The van der Waals surface area contributed by atoms with E-state index in [9.17, 15) is 14.4 Å². The first kappa shape index (κ1) is 16.0. The van der Waals surface area contributed by atoms with E-state index < -0.39 is 23.2 Å². The van der Waals surface area contributed by atoms with Gasteiger partial charge in [0.2, 0.25) is 11.8 Å². The summed E-state index contributed by atoms with van der Waals surface area (Å²) in [6.07, 6.45) is 0.229. The van der Waals surface area contributed by atoms with Crippen molar-refractivity contribution in [2.75, 3.05) is 12.4 Å². The monoisotopic (exact) mass is 304 g/mol. The molecule has 6 heteroatoms. The first-order valence-corrected chi connectivity index (χ1v) is 7.10. The van der Waals surface area contributed by atoms with Crippen LogP contribution in [-0.2, 0) is 20.8 Å². The summed E-state index contributed by atoms with van der Waals surface area (Å²) in [5.74, 6) is -2.54. The molecular formula is C16H20N2O4. The Kier molecular flexibility index (Phi) is 4.21. The van der Waals surface area contributed by atoms with Crippen LogP contribution in [-0.4, -0.2) is 29.9 Å².